The predicted octanol–water partition coefficient (Wildman–Crippen LogP) is 5.94. The Balaban J connectivity index is 0.000000260. The molecule has 0 heterocycles. The Labute approximate surface area is 298 Å². The van der Waals surface area contributed by atoms with Crippen molar-refractivity contribution >= 4 is 5.43 Å². The molecule has 0 aliphatic heterocycles. The van der Waals surface area contributed by atoms with Crippen LogP contribution in [0.1, 0.15) is 147 Å². The van der Waals surface area contributed by atoms with E-state index < -0.39 is 0 Å². The molecule has 4 aliphatic rings. The van der Waals surface area contributed by atoms with Crippen LogP contribution in [-0.4, -0.2) is 5.43 Å². The van der Waals surface area contributed by atoms with Gasteiger partial charge in [-0.05, 0) is 28.4 Å². The Bertz CT molecular complexity index is 1140. The predicted molar refractivity (Wildman–Crippen MR) is 181 cm³/mol. The zero-order valence-electron chi connectivity index (χ0n) is 28.4. The summed E-state index contributed by atoms with van der Waals surface area (Å²) in [4.78, 5) is 0. The van der Waals surface area contributed by atoms with Gasteiger partial charge < -0.3 is 24.8 Å². The van der Waals surface area contributed by atoms with Crippen LogP contribution in [0, 0.1) is 12.1 Å². The minimum absolute atomic E-state index is 0. The third kappa shape index (κ3) is 11.7. The van der Waals surface area contributed by atoms with E-state index in [2.05, 4.69) is 90.1 Å². The number of hydrogen-bond acceptors (Lipinski definition) is 0. The molecule has 0 aromatic heterocycles. The Hall–Kier alpha value is -0.400. The van der Waals surface area contributed by atoms with E-state index in [1.54, 1.807) is 51.4 Å². The van der Waals surface area contributed by atoms with Crippen LogP contribution in [0.4, 0.5) is 0 Å². The number of allylic oxidation sites excluding steroid dienone is 4. The molecule has 2 fully saturated rings. The van der Waals surface area contributed by atoms with E-state index in [-0.39, 0.29) is 41.1 Å². The Morgan fingerprint density at radius 2 is 1.25 bits per heavy atom. The first kappa shape index (κ1) is 39.8. The van der Waals surface area contributed by atoms with Crippen molar-refractivity contribution in [1.82, 2.24) is 0 Å². The second-order valence-corrected chi connectivity index (χ2v) is 21.9. The molecule has 0 amide bonds. The molecular weight excluding hydrogens is 671 g/mol. The first-order valence-electron chi connectivity index (χ1n) is 17.0. The van der Waals surface area contributed by atoms with Gasteiger partial charge in [0, 0.05) is 0 Å². The molecule has 0 bridgehead atoms. The third-order valence-electron chi connectivity index (χ3n) is 9.64. The summed E-state index contributed by atoms with van der Waals surface area (Å²) in [5.41, 5.74) is 11.2. The van der Waals surface area contributed by atoms with Crippen LogP contribution in [0.3, 0.4) is 0 Å². The summed E-state index contributed by atoms with van der Waals surface area (Å²) in [6.07, 6.45) is 29.8. The summed E-state index contributed by atoms with van der Waals surface area (Å²) in [7, 11) is 0. The summed E-state index contributed by atoms with van der Waals surface area (Å²) in [6, 6.07) is 15.2. The van der Waals surface area contributed by atoms with Crippen LogP contribution < -0.4 is 24.8 Å². The second kappa shape index (κ2) is 18.8. The number of hydrogen-bond donors (Lipinski definition) is 0. The molecule has 2 aromatic rings. The molecule has 0 atom stereocenters. The van der Waals surface area contributed by atoms with E-state index in [1.807, 2.05) is 35.5 Å². The van der Waals surface area contributed by atoms with Gasteiger partial charge in [-0.2, -0.15) is 29.8 Å². The van der Waals surface area contributed by atoms with Gasteiger partial charge in [0.1, 0.15) is 0 Å². The van der Waals surface area contributed by atoms with Crippen LogP contribution in [0.5, 0.6) is 0 Å². The number of benzene rings is 2. The zero-order chi connectivity index (χ0) is 30.2. The molecule has 4 aliphatic carbocycles. The molecule has 2 aromatic carbocycles. The quantitative estimate of drug-likeness (QED) is 0.174. The monoisotopic (exact) mass is 724 g/mol. The van der Waals surface area contributed by atoms with Crippen molar-refractivity contribution in [2.24, 2.45) is 0 Å². The molecule has 2 saturated carbocycles. The summed E-state index contributed by atoms with van der Waals surface area (Å²) in [5, 5.41) is 0. The van der Waals surface area contributed by atoms with Gasteiger partial charge in [0.15, 0.2) is 0 Å². The van der Waals surface area contributed by atoms with Crippen LogP contribution >= 0.6 is 0 Å². The van der Waals surface area contributed by atoms with Gasteiger partial charge in [-0.3, -0.25) is 6.08 Å². The van der Waals surface area contributed by atoms with Gasteiger partial charge in [0.25, 0.3) is 0 Å². The number of fused-ring (bicyclic) bond motifs is 3. The maximum atomic E-state index is 3.67. The number of halogens is 2. The Morgan fingerprint density at radius 3 is 1.68 bits per heavy atom. The third-order valence-corrected chi connectivity index (χ3v) is 18.6. The van der Waals surface area contributed by atoms with Crippen molar-refractivity contribution in [2.75, 3.05) is 0 Å². The van der Waals surface area contributed by atoms with Crippen LogP contribution in [0.2, 0.25) is 11.1 Å². The fourth-order valence-electron chi connectivity index (χ4n) is 6.88. The molecule has 44 heavy (non-hydrogen) atoms. The van der Waals surface area contributed by atoms with Crippen molar-refractivity contribution < 1.29 is 48.1 Å². The van der Waals surface area contributed by atoms with Gasteiger partial charge >= 0.3 is 117 Å². The SMILES string of the molecule is CC(C)(C)c1[c-]c2c(cc1)-c1ccc(C(C)(C)C)cc1C2.[C-]1=CC=CC1.[Cl-].[Cl-].[Zr+2]=[Si](C1CCCCCC1)C1CCCCCC1. The fraction of sp³-hybridized carbons (Fsp3) is 0.600. The molecule has 4 heteroatoms. The normalized spacial score (nSPS) is 18.2. The second-order valence-electron chi connectivity index (χ2n) is 15.1. The van der Waals surface area contributed by atoms with Gasteiger partial charge in [-0.15, -0.1) is 17.5 Å². The molecule has 0 radical (unpaired) electrons. The Kier molecular flexibility index (Phi) is 17.0. The molecule has 0 unspecified atom stereocenters. The van der Waals surface area contributed by atoms with Gasteiger partial charge in [-0.1, -0.05) is 65.3 Å². The molecule has 0 N–H and O–H groups in total. The number of rotatable bonds is 2. The fourth-order valence-corrected chi connectivity index (χ4v) is 13.9. The molecular formula is C40H56Cl2SiZr-2. The van der Waals surface area contributed by atoms with E-state index in [4.69, 9.17) is 0 Å². The van der Waals surface area contributed by atoms with Crippen molar-refractivity contribution in [3.8, 4) is 11.1 Å². The van der Waals surface area contributed by atoms with E-state index in [9.17, 15) is 0 Å². The molecule has 0 saturated heterocycles. The maximum absolute atomic E-state index is 3.67. The van der Waals surface area contributed by atoms with E-state index in [0.717, 1.165) is 12.8 Å². The summed E-state index contributed by atoms with van der Waals surface area (Å²) in [6.45, 7) is 13.6. The first-order chi connectivity index (χ1) is 20.0. The van der Waals surface area contributed by atoms with Crippen LogP contribution in [0.25, 0.3) is 11.1 Å². The van der Waals surface area contributed by atoms with Gasteiger partial charge in [0.05, 0.1) is 0 Å². The first-order valence-corrected chi connectivity index (χ1v) is 22.4. The Morgan fingerprint density at radius 1 is 0.705 bits per heavy atom. The zero-order valence-corrected chi connectivity index (χ0v) is 33.4. The van der Waals surface area contributed by atoms with Crippen molar-refractivity contribution in [3.05, 3.63) is 83.0 Å². The van der Waals surface area contributed by atoms with Crippen molar-refractivity contribution in [3.63, 3.8) is 0 Å². The standard InChI is InChI=1S/C21H25.C14H26Si.C5H5.2ClH.Zr/c1-20(2,3)16-7-9-18-14(12-16)11-15-13-17(21(4,5)6)8-10-19(15)18;1-2-6-10-13(9-5-1)15-14-11-7-3-4-8-12-14;1-2-4-5-3-1;;;/h7-10,12H,11H2,1-6H3;13-14H,1-12H2;1-3H,4H2;2*1H;/q-1;;-1;;;+2/p-2. The van der Waals surface area contributed by atoms with Gasteiger partial charge in [-0.25, -0.2) is 12.2 Å². The average molecular weight is 727 g/mol. The molecule has 6 rings (SSSR count). The van der Waals surface area contributed by atoms with Crippen LogP contribution in [0.15, 0.2) is 48.6 Å². The van der Waals surface area contributed by atoms with E-state index in [1.165, 1.54) is 70.1 Å². The summed E-state index contributed by atoms with van der Waals surface area (Å²) < 4.78 is 0. The molecule has 0 spiro atoms. The topological polar surface area (TPSA) is 0 Å². The van der Waals surface area contributed by atoms with Crippen molar-refractivity contribution in [1.29, 1.82) is 0 Å². The molecule has 240 valence electrons. The van der Waals surface area contributed by atoms with Crippen molar-refractivity contribution in [2.45, 2.75) is 153 Å². The van der Waals surface area contributed by atoms with E-state index >= 15 is 0 Å². The summed E-state index contributed by atoms with van der Waals surface area (Å²) >= 11 is 1.96. The van der Waals surface area contributed by atoms with E-state index in [0.29, 0.717) is 0 Å². The molecule has 0 nitrogen and oxygen atoms in total. The van der Waals surface area contributed by atoms with Crippen LogP contribution in [-0.2, 0) is 40.6 Å². The minimum atomic E-state index is 0. The van der Waals surface area contributed by atoms with Gasteiger partial charge in [0.2, 0.25) is 0 Å². The average Bonchev–Trinajstić information content (AvgIpc) is 3.47. The summed E-state index contributed by atoms with van der Waals surface area (Å²) in [5.74, 6) is 0.